The Labute approximate surface area is 109 Å². The number of rotatable bonds is 1. The number of hydrogen-bond acceptors (Lipinski definition) is 3. The molecule has 0 saturated carbocycles. The number of hydrogen-bond donors (Lipinski definition) is 0. The summed E-state index contributed by atoms with van der Waals surface area (Å²) < 4.78 is 1.45. The Balaban J connectivity index is 2.56. The van der Waals surface area contributed by atoms with Crippen molar-refractivity contribution in [2.24, 2.45) is 0 Å². The highest BCUT2D eigenvalue weighted by atomic mass is 16.6. The quantitative estimate of drug-likeness (QED) is 0.621. The zero-order valence-corrected chi connectivity index (χ0v) is 10.3. The van der Waals surface area contributed by atoms with Crippen molar-refractivity contribution >= 4 is 21.7 Å². The van der Waals surface area contributed by atoms with Crippen molar-refractivity contribution in [2.45, 2.75) is 0 Å². The first-order valence-corrected chi connectivity index (χ1v) is 5.77. The van der Waals surface area contributed by atoms with E-state index in [0.29, 0.717) is 10.9 Å². The molecule has 1 aromatic heterocycles. The summed E-state index contributed by atoms with van der Waals surface area (Å²) in [6.45, 7) is 0. The van der Waals surface area contributed by atoms with Gasteiger partial charge in [-0.05, 0) is 22.9 Å². The Hall–Kier alpha value is -2.80. The molecule has 19 heavy (non-hydrogen) atoms. The molecule has 3 aromatic rings. The standard InChI is InChI=1S/C15H10N2O2/c1-19-17-9-12(8-16)15(18)13-6-10-4-2-3-5-11(10)7-14(13)17/h2-7,9H,1H3. The van der Waals surface area contributed by atoms with Crippen LogP contribution in [0.25, 0.3) is 21.7 Å². The van der Waals surface area contributed by atoms with Crippen molar-refractivity contribution in [3.63, 3.8) is 0 Å². The predicted octanol–water partition coefficient (Wildman–Crippen LogP) is 2.08. The molecule has 1 heterocycles. The number of aromatic nitrogens is 1. The van der Waals surface area contributed by atoms with E-state index in [0.717, 1.165) is 10.8 Å². The van der Waals surface area contributed by atoms with E-state index in [-0.39, 0.29) is 11.0 Å². The Bertz CT molecular complexity index is 888. The van der Waals surface area contributed by atoms with Crippen molar-refractivity contribution in [3.8, 4) is 6.07 Å². The highest BCUT2D eigenvalue weighted by molar-refractivity contribution is 5.96. The van der Waals surface area contributed by atoms with Gasteiger partial charge in [0, 0.05) is 0 Å². The van der Waals surface area contributed by atoms with Crippen LogP contribution in [0.3, 0.4) is 0 Å². The highest BCUT2D eigenvalue weighted by Crippen LogP contribution is 2.20. The topological polar surface area (TPSA) is 55.0 Å². The lowest BCUT2D eigenvalue weighted by Crippen LogP contribution is -2.16. The normalized spacial score (nSPS) is 10.5. The lowest BCUT2D eigenvalue weighted by atomic mass is 10.1. The van der Waals surface area contributed by atoms with Gasteiger partial charge in [0.2, 0.25) is 5.43 Å². The monoisotopic (exact) mass is 250 g/mol. The predicted molar refractivity (Wildman–Crippen MR) is 72.9 cm³/mol. The largest absolute Gasteiger partial charge is 0.417 e. The number of nitrogens with zero attached hydrogens (tertiary/aromatic N) is 2. The van der Waals surface area contributed by atoms with Crippen LogP contribution in [0.5, 0.6) is 0 Å². The summed E-state index contributed by atoms with van der Waals surface area (Å²) in [6.07, 6.45) is 1.42. The SMILES string of the molecule is COn1cc(C#N)c(=O)c2cc3ccccc3cc21. The summed E-state index contributed by atoms with van der Waals surface area (Å²) in [5.74, 6) is 0. The average molecular weight is 250 g/mol. The van der Waals surface area contributed by atoms with Gasteiger partial charge >= 0.3 is 0 Å². The van der Waals surface area contributed by atoms with Crippen LogP contribution in [0.1, 0.15) is 5.56 Å². The Morgan fingerprint density at radius 2 is 1.89 bits per heavy atom. The van der Waals surface area contributed by atoms with E-state index < -0.39 is 0 Å². The van der Waals surface area contributed by atoms with Crippen LogP contribution in [0, 0.1) is 11.3 Å². The molecule has 4 heteroatoms. The van der Waals surface area contributed by atoms with Gasteiger partial charge in [-0.25, -0.2) is 0 Å². The minimum Gasteiger partial charge on any atom is -0.417 e. The van der Waals surface area contributed by atoms with Crippen molar-refractivity contribution in [1.29, 1.82) is 5.26 Å². The fourth-order valence-electron chi connectivity index (χ4n) is 2.21. The van der Waals surface area contributed by atoms with Crippen LogP contribution < -0.4 is 10.3 Å². The number of fused-ring (bicyclic) bond motifs is 2. The van der Waals surface area contributed by atoms with Gasteiger partial charge in [0.1, 0.15) is 18.7 Å². The first kappa shape index (κ1) is 11.3. The zero-order chi connectivity index (χ0) is 13.4. The van der Waals surface area contributed by atoms with Gasteiger partial charge in [-0.15, -0.1) is 0 Å². The van der Waals surface area contributed by atoms with Gasteiger partial charge in [0.05, 0.1) is 17.1 Å². The van der Waals surface area contributed by atoms with Crippen LogP contribution >= 0.6 is 0 Å². The molecule has 0 radical (unpaired) electrons. The third-order valence-electron chi connectivity index (χ3n) is 3.15. The van der Waals surface area contributed by atoms with Crippen LogP contribution in [-0.4, -0.2) is 11.8 Å². The maximum absolute atomic E-state index is 12.2. The van der Waals surface area contributed by atoms with Crippen LogP contribution in [0.2, 0.25) is 0 Å². The molecule has 0 saturated heterocycles. The number of nitriles is 1. The lowest BCUT2D eigenvalue weighted by Gasteiger charge is -2.10. The number of pyridine rings is 1. The molecule has 92 valence electrons. The van der Waals surface area contributed by atoms with E-state index >= 15 is 0 Å². The molecular formula is C15H10N2O2. The molecule has 0 fully saturated rings. The molecule has 0 amide bonds. The van der Waals surface area contributed by atoms with Gasteiger partial charge in [-0.2, -0.15) is 9.99 Å². The first-order valence-electron chi connectivity index (χ1n) is 5.77. The van der Waals surface area contributed by atoms with Crippen molar-refractivity contribution < 1.29 is 4.84 Å². The minimum absolute atomic E-state index is 0.0737. The zero-order valence-electron chi connectivity index (χ0n) is 10.3. The summed E-state index contributed by atoms with van der Waals surface area (Å²) >= 11 is 0. The molecule has 0 bridgehead atoms. The molecule has 0 unspecified atom stereocenters. The maximum atomic E-state index is 12.2. The second-order valence-corrected chi connectivity index (χ2v) is 4.21. The second kappa shape index (κ2) is 4.14. The fraction of sp³-hybridized carbons (Fsp3) is 0.0667. The third-order valence-corrected chi connectivity index (χ3v) is 3.15. The summed E-state index contributed by atoms with van der Waals surface area (Å²) in [5.41, 5.74) is 0.464. The number of benzene rings is 2. The van der Waals surface area contributed by atoms with Crippen LogP contribution in [-0.2, 0) is 0 Å². The fourth-order valence-corrected chi connectivity index (χ4v) is 2.21. The Kier molecular flexibility index (Phi) is 2.46. The molecule has 0 spiro atoms. The first-order chi connectivity index (χ1) is 9.24. The van der Waals surface area contributed by atoms with Crippen LogP contribution in [0.4, 0.5) is 0 Å². The average Bonchev–Trinajstić information content (AvgIpc) is 2.46. The molecule has 0 aliphatic carbocycles. The third kappa shape index (κ3) is 1.64. The highest BCUT2D eigenvalue weighted by Gasteiger charge is 2.10. The smallest absolute Gasteiger partial charge is 0.207 e. The van der Waals surface area contributed by atoms with E-state index in [9.17, 15) is 4.79 Å². The lowest BCUT2D eigenvalue weighted by molar-refractivity contribution is 0.177. The molecule has 0 aliphatic heterocycles. The van der Waals surface area contributed by atoms with E-state index in [1.54, 1.807) is 6.07 Å². The summed E-state index contributed by atoms with van der Waals surface area (Å²) in [5, 5.41) is 11.5. The van der Waals surface area contributed by atoms with Gasteiger partial charge in [0.25, 0.3) is 0 Å². The molecule has 2 aromatic carbocycles. The summed E-state index contributed by atoms with van der Waals surface area (Å²) in [7, 11) is 1.50. The van der Waals surface area contributed by atoms with Gasteiger partial charge < -0.3 is 4.84 Å². The maximum Gasteiger partial charge on any atom is 0.207 e. The van der Waals surface area contributed by atoms with Gasteiger partial charge in [-0.1, -0.05) is 24.3 Å². The van der Waals surface area contributed by atoms with Gasteiger partial charge in [-0.3, -0.25) is 4.79 Å². The second-order valence-electron chi connectivity index (χ2n) is 4.21. The van der Waals surface area contributed by atoms with Gasteiger partial charge in [0.15, 0.2) is 0 Å². The van der Waals surface area contributed by atoms with Crippen molar-refractivity contribution in [1.82, 2.24) is 4.73 Å². The van der Waals surface area contributed by atoms with E-state index in [2.05, 4.69) is 0 Å². The molecule has 3 rings (SSSR count). The molecule has 4 nitrogen and oxygen atoms in total. The van der Waals surface area contributed by atoms with Crippen molar-refractivity contribution in [2.75, 3.05) is 7.11 Å². The van der Waals surface area contributed by atoms with E-state index in [1.165, 1.54) is 18.0 Å². The molecule has 0 N–H and O–H groups in total. The summed E-state index contributed by atoms with van der Waals surface area (Å²) in [4.78, 5) is 17.4. The van der Waals surface area contributed by atoms with Crippen molar-refractivity contribution in [3.05, 3.63) is 58.4 Å². The molecular weight excluding hydrogens is 240 g/mol. The van der Waals surface area contributed by atoms with E-state index in [4.69, 9.17) is 10.1 Å². The summed E-state index contributed by atoms with van der Waals surface area (Å²) in [6, 6.07) is 13.3. The molecule has 0 aliphatic rings. The molecule has 0 atom stereocenters. The van der Waals surface area contributed by atoms with E-state index in [1.807, 2.05) is 36.4 Å². The Morgan fingerprint density at radius 1 is 1.21 bits per heavy atom. The Morgan fingerprint density at radius 3 is 2.53 bits per heavy atom. The minimum atomic E-state index is -0.267. The van der Waals surface area contributed by atoms with Crippen LogP contribution in [0.15, 0.2) is 47.4 Å².